The van der Waals surface area contributed by atoms with Crippen LogP contribution in [0.1, 0.15) is 53.9 Å². The molecule has 1 saturated heterocycles. The van der Waals surface area contributed by atoms with Gasteiger partial charge in [0.15, 0.2) is 0 Å². The Hall–Kier alpha value is -0.570. The van der Waals surface area contributed by atoms with Crippen LogP contribution >= 0.6 is 0 Å². The molecule has 1 fully saturated rings. The molecular formula is C13H24O3. The van der Waals surface area contributed by atoms with Crippen LogP contribution in [0.4, 0.5) is 0 Å². The number of carboxylic acid groups (broad SMARTS) is 1. The van der Waals surface area contributed by atoms with Gasteiger partial charge < -0.3 is 9.84 Å². The third kappa shape index (κ3) is 2.76. The normalized spacial score (nSPS) is 28.9. The highest BCUT2D eigenvalue weighted by molar-refractivity contribution is 5.70. The van der Waals surface area contributed by atoms with E-state index >= 15 is 0 Å². The van der Waals surface area contributed by atoms with Gasteiger partial charge in [-0.15, -0.1) is 0 Å². The van der Waals surface area contributed by atoms with Gasteiger partial charge in [-0.2, -0.15) is 0 Å². The first-order valence-electron chi connectivity index (χ1n) is 6.12. The second-order valence-corrected chi connectivity index (χ2v) is 6.01. The van der Waals surface area contributed by atoms with Crippen molar-refractivity contribution >= 4 is 5.97 Å². The molecular weight excluding hydrogens is 204 g/mol. The summed E-state index contributed by atoms with van der Waals surface area (Å²) in [7, 11) is 0. The summed E-state index contributed by atoms with van der Waals surface area (Å²) in [5.41, 5.74) is -0.530. The average molecular weight is 228 g/mol. The Bertz CT molecular complexity index is 268. The van der Waals surface area contributed by atoms with Crippen molar-refractivity contribution in [3.05, 3.63) is 0 Å². The van der Waals surface area contributed by atoms with E-state index in [1.165, 1.54) is 0 Å². The van der Waals surface area contributed by atoms with Gasteiger partial charge in [-0.25, -0.2) is 0 Å². The summed E-state index contributed by atoms with van der Waals surface area (Å²) in [4.78, 5) is 11.3. The third-order valence-corrected chi connectivity index (χ3v) is 3.55. The Morgan fingerprint density at radius 1 is 1.44 bits per heavy atom. The van der Waals surface area contributed by atoms with Crippen molar-refractivity contribution < 1.29 is 14.6 Å². The lowest BCUT2D eigenvalue weighted by Gasteiger charge is -2.30. The molecule has 0 aliphatic carbocycles. The molecule has 0 aromatic rings. The van der Waals surface area contributed by atoms with E-state index in [1.54, 1.807) is 0 Å². The number of rotatable bonds is 4. The summed E-state index contributed by atoms with van der Waals surface area (Å²) in [5.74, 6) is -0.844. The van der Waals surface area contributed by atoms with Gasteiger partial charge in [0.2, 0.25) is 0 Å². The first-order valence-corrected chi connectivity index (χ1v) is 6.12. The Morgan fingerprint density at radius 2 is 2.00 bits per heavy atom. The fourth-order valence-corrected chi connectivity index (χ4v) is 3.04. The Labute approximate surface area is 98.2 Å². The zero-order valence-corrected chi connectivity index (χ0v) is 11.0. The molecule has 1 aliphatic heterocycles. The first kappa shape index (κ1) is 13.5. The molecule has 1 rings (SSSR count). The number of hydrogen-bond donors (Lipinski definition) is 1. The summed E-state index contributed by atoms with van der Waals surface area (Å²) in [6, 6.07) is 0. The van der Waals surface area contributed by atoms with Crippen LogP contribution in [-0.4, -0.2) is 22.3 Å². The molecule has 3 nitrogen and oxygen atoms in total. The van der Waals surface area contributed by atoms with Gasteiger partial charge in [-0.05, 0) is 40.5 Å². The first-order chi connectivity index (χ1) is 7.19. The topological polar surface area (TPSA) is 46.5 Å². The molecule has 2 unspecified atom stereocenters. The van der Waals surface area contributed by atoms with Crippen LogP contribution in [0.3, 0.4) is 0 Å². The van der Waals surface area contributed by atoms with Gasteiger partial charge in [0.1, 0.15) is 0 Å². The number of ether oxygens (including phenoxy) is 1. The molecule has 1 aliphatic rings. The van der Waals surface area contributed by atoms with Crippen LogP contribution in [0.15, 0.2) is 0 Å². The lowest BCUT2D eigenvalue weighted by molar-refractivity contribution is -0.147. The lowest BCUT2D eigenvalue weighted by Crippen LogP contribution is -2.36. The molecule has 2 atom stereocenters. The molecule has 1 N–H and O–H groups in total. The fourth-order valence-electron chi connectivity index (χ4n) is 3.04. The molecule has 0 aromatic heterocycles. The maximum absolute atomic E-state index is 11.3. The summed E-state index contributed by atoms with van der Waals surface area (Å²) in [6.07, 6.45) is 2.48. The molecule has 0 amide bonds. The van der Waals surface area contributed by atoms with Crippen molar-refractivity contribution in [2.75, 3.05) is 0 Å². The van der Waals surface area contributed by atoms with Gasteiger partial charge in [0.05, 0.1) is 17.1 Å². The molecule has 1 heterocycles. The Kier molecular flexibility index (Phi) is 3.68. The average Bonchev–Trinajstić information content (AvgIpc) is 2.29. The van der Waals surface area contributed by atoms with Crippen LogP contribution in [-0.2, 0) is 9.53 Å². The van der Waals surface area contributed by atoms with Crippen LogP contribution in [0, 0.1) is 11.8 Å². The molecule has 0 spiro atoms. The quantitative estimate of drug-likeness (QED) is 0.804. The second-order valence-electron chi connectivity index (χ2n) is 6.01. The van der Waals surface area contributed by atoms with Crippen LogP contribution in [0.2, 0.25) is 0 Å². The van der Waals surface area contributed by atoms with Gasteiger partial charge in [0.25, 0.3) is 0 Å². The van der Waals surface area contributed by atoms with Crippen LogP contribution in [0.5, 0.6) is 0 Å². The SMILES string of the molecule is CCCC(C(=O)O)C1CC(C)(C)OC1(C)C. The van der Waals surface area contributed by atoms with Crippen molar-refractivity contribution in [3.8, 4) is 0 Å². The van der Waals surface area contributed by atoms with E-state index in [1.807, 2.05) is 34.6 Å². The highest BCUT2D eigenvalue weighted by Crippen LogP contribution is 2.46. The van der Waals surface area contributed by atoms with Gasteiger partial charge >= 0.3 is 5.97 Å². The molecule has 0 saturated carbocycles. The summed E-state index contributed by atoms with van der Waals surface area (Å²) in [5, 5.41) is 9.31. The maximum Gasteiger partial charge on any atom is 0.306 e. The van der Waals surface area contributed by atoms with E-state index < -0.39 is 5.97 Å². The largest absolute Gasteiger partial charge is 0.481 e. The minimum atomic E-state index is -0.679. The minimum absolute atomic E-state index is 0.111. The predicted octanol–water partition coefficient (Wildman–Crippen LogP) is 3.08. The van der Waals surface area contributed by atoms with E-state index in [4.69, 9.17) is 4.74 Å². The lowest BCUT2D eigenvalue weighted by atomic mass is 9.76. The smallest absolute Gasteiger partial charge is 0.306 e. The molecule has 0 radical (unpaired) electrons. The molecule has 94 valence electrons. The molecule has 0 bridgehead atoms. The summed E-state index contributed by atoms with van der Waals surface area (Å²) < 4.78 is 5.96. The predicted molar refractivity (Wildman–Crippen MR) is 63.4 cm³/mol. The van der Waals surface area contributed by atoms with Crippen LogP contribution < -0.4 is 0 Å². The molecule has 0 aromatic carbocycles. The van der Waals surface area contributed by atoms with E-state index in [0.717, 1.165) is 19.3 Å². The maximum atomic E-state index is 11.3. The number of aliphatic carboxylic acids is 1. The van der Waals surface area contributed by atoms with Crippen molar-refractivity contribution in [2.45, 2.75) is 65.1 Å². The second kappa shape index (κ2) is 4.36. The third-order valence-electron chi connectivity index (χ3n) is 3.55. The van der Waals surface area contributed by atoms with Crippen molar-refractivity contribution in [3.63, 3.8) is 0 Å². The number of carboxylic acids is 1. The van der Waals surface area contributed by atoms with Crippen molar-refractivity contribution in [1.82, 2.24) is 0 Å². The van der Waals surface area contributed by atoms with Gasteiger partial charge in [0, 0.05) is 5.92 Å². The zero-order valence-electron chi connectivity index (χ0n) is 11.0. The highest BCUT2D eigenvalue weighted by Gasteiger charge is 2.50. The molecule has 3 heteroatoms. The van der Waals surface area contributed by atoms with E-state index in [-0.39, 0.29) is 23.0 Å². The van der Waals surface area contributed by atoms with Crippen molar-refractivity contribution in [1.29, 1.82) is 0 Å². The van der Waals surface area contributed by atoms with Gasteiger partial charge in [-0.3, -0.25) is 4.79 Å². The van der Waals surface area contributed by atoms with E-state index in [9.17, 15) is 9.90 Å². The van der Waals surface area contributed by atoms with Gasteiger partial charge in [-0.1, -0.05) is 13.3 Å². The zero-order chi connectivity index (χ0) is 12.6. The van der Waals surface area contributed by atoms with E-state index in [0.29, 0.717) is 0 Å². The molecule has 16 heavy (non-hydrogen) atoms. The number of hydrogen-bond acceptors (Lipinski definition) is 2. The Balaban J connectivity index is 2.89. The standard InChI is InChI=1S/C13H24O3/c1-6-7-9(11(14)15)10-8-12(2,3)16-13(10,4)5/h9-10H,6-8H2,1-5H3,(H,14,15). The van der Waals surface area contributed by atoms with Crippen LogP contribution in [0.25, 0.3) is 0 Å². The minimum Gasteiger partial charge on any atom is -0.481 e. The Morgan fingerprint density at radius 3 is 2.31 bits per heavy atom. The fraction of sp³-hybridized carbons (Fsp3) is 0.923. The highest BCUT2D eigenvalue weighted by atomic mass is 16.5. The summed E-state index contributed by atoms with van der Waals surface area (Å²) >= 11 is 0. The monoisotopic (exact) mass is 228 g/mol. The summed E-state index contributed by atoms with van der Waals surface area (Å²) in [6.45, 7) is 10.1. The van der Waals surface area contributed by atoms with E-state index in [2.05, 4.69) is 0 Å². The van der Waals surface area contributed by atoms with Crippen molar-refractivity contribution in [2.24, 2.45) is 11.8 Å². The number of carbonyl (C=O) groups is 1.